The number of hydrogen-bond donors (Lipinski definition) is 3. The van der Waals surface area contributed by atoms with Crippen LogP contribution in [0.15, 0.2) is 30.4 Å². The topological polar surface area (TPSA) is 122 Å². The lowest BCUT2D eigenvalue weighted by Crippen LogP contribution is -2.35. The van der Waals surface area contributed by atoms with Gasteiger partial charge in [0.1, 0.15) is 5.75 Å². The molecule has 2 rings (SSSR count). The Balaban J connectivity index is 2.28. The average molecular weight is 360 g/mol. The summed E-state index contributed by atoms with van der Waals surface area (Å²) in [6.07, 6.45) is 4.10. The number of hydrogen-bond acceptors (Lipinski definition) is 5. The Labute approximate surface area is 150 Å². The van der Waals surface area contributed by atoms with Crippen LogP contribution in [0.1, 0.15) is 26.7 Å². The number of esters is 1. The highest BCUT2D eigenvalue weighted by atomic mass is 16.5. The number of carbonyl (C=O) groups is 4. The number of allylic oxidation sites excluding steroid dienone is 2. The van der Waals surface area contributed by atoms with Gasteiger partial charge in [0, 0.05) is 19.9 Å². The molecule has 0 spiro atoms. The number of aliphatic carboxylic acids is 1. The third-order valence-corrected chi connectivity index (χ3v) is 3.91. The number of rotatable bonds is 5. The Morgan fingerprint density at radius 1 is 1.00 bits per heavy atom. The van der Waals surface area contributed by atoms with E-state index in [9.17, 15) is 24.3 Å². The van der Waals surface area contributed by atoms with Crippen molar-refractivity contribution in [2.24, 2.45) is 11.8 Å². The van der Waals surface area contributed by atoms with Crippen LogP contribution in [-0.4, -0.2) is 28.9 Å². The smallest absolute Gasteiger partial charge is 0.308 e. The summed E-state index contributed by atoms with van der Waals surface area (Å²) in [5.41, 5.74) is 0.544. The lowest BCUT2D eigenvalue weighted by molar-refractivity contribution is -0.146. The second kappa shape index (κ2) is 8.28. The molecule has 138 valence electrons. The predicted octanol–water partition coefficient (Wildman–Crippen LogP) is 2.18. The van der Waals surface area contributed by atoms with Gasteiger partial charge in [-0.25, -0.2) is 0 Å². The molecule has 0 radical (unpaired) electrons. The quantitative estimate of drug-likeness (QED) is 0.420. The second-order valence-corrected chi connectivity index (χ2v) is 5.97. The molecule has 1 aromatic carbocycles. The van der Waals surface area contributed by atoms with Crippen LogP contribution in [0.3, 0.4) is 0 Å². The first kappa shape index (κ1) is 19.2. The molecular weight excluding hydrogens is 340 g/mol. The largest absolute Gasteiger partial charge is 0.481 e. The standard InChI is InChI=1S/C18H20N2O6/c1-10(21)19-15-8-7-12(26-11(2)22)9-16(15)20-17(23)13-5-3-4-6-14(13)18(24)25/h3-4,7-9,13-14H,5-6H2,1-2H3,(H,19,21)(H,20,23)(H,24,25). The summed E-state index contributed by atoms with van der Waals surface area (Å²) in [6.45, 7) is 2.56. The molecule has 0 saturated carbocycles. The number of amides is 2. The summed E-state index contributed by atoms with van der Waals surface area (Å²) < 4.78 is 4.99. The van der Waals surface area contributed by atoms with Crippen molar-refractivity contribution in [1.29, 1.82) is 0 Å². The van der Waals surface area contributed by atoms with Gasteiger partial charge in [-0.3, -0.25) is 19.2 Å². The third kappa shape index (κ3) is 4.92. The molecule has 2 atom stereocenters. The van der Waals surface area contributed by atoms with E-state index >= 15 is 0 Å². The summed E-state index contributed by atoms with van der Waals surface area (Å²) in [5.74, 6) is -3.75. The van der Waals surface area contributed by atoms with Crippen molar-refractivity contribution in [3.8, 4) is 5.75 Å². The zero-order chi connectivity index (χ0) is 19.3. The lowest BCUT2D eigenvalue weighted by Gasteiger charge is -2.24. The molecule has 0 bridgehead atoms. The Kier molecular flexibility index (Phi) is 6.11. The van der Waals surface area contributed by atoms with Gasteiger partial charge in [0.2, 0.25) is 11.8 Å². The van der Waals surface area contributed by atoms with Gasteiger partial charge in [0.25, 0.3) is 0 Å². The van der Waals surface area contributed by atoms with Crippen LogP contribution < -0.4 is 15.4 Å². The fourth-order valence-electron chi connectivity index (χ4n) is 2.76. The molecule has 2 amide bonds. The van der Waals surface area contributed by atoms with Crippen molar-refractivity contribution in [2.75, 3.05) is 10.6 Å². The Hall–Kier alpha value is -3.16. The zero-order valence-corrected chi connectivity index (χ0v) is 14.4. The first-order valence-electron chi connectivity index (χ1n) is 8.06. The van der Waals surface area contributed by atoms with Gasteiger partial charge < -0.3 is 20.5 Å². The second-order valence-electron chi connectivity index (χ2n) is 5.97. The van der Waals surface area contributed by atoms with Gasteiger partial charge in [0.15, 0.2) is 0 Å². The minimum atomic E-state index is -1.04. The lowest BCUT2D eigenvalue weighted by atomic mass is 9.82. The fraction of sp³-hybridized carbons (Fsp3) is 0.333. The van der Waals surface area contributed by atoms with E-state index in [4.69, 9.17) is 4.74 Å². The van der Waals surface area contributed by atoms with E-state index in [0.29, 0.717) is 12.1 Å². The van der Waals surface area contributed by atoms with Crippen molar-refractivity contribution < 1.29 is 29.0 Å². The summed E-state index contributed by atoms with van der Waals surface area (Å²) >= 11 is 0. The number of carboxylic acid groups (broad SMARTS) is 1. The minimum absolute atomic E-state index is 0.195. The molecule has 26 heavy (non-hydrogen) atoms. The maximum atomic E-state index is 12.6. The van der Waals surface area contributed by atoms with E-state index in [0.717, 1.165) is 0 Å². The van der Waals surface area contributed by atoms with Gasteiger partial charge >= 0.3 is 11.9 Å². The Morgan fingerprint density at radius 3 is 2.23 bits per heavy atom. The van der Waals surface area contributed by atoms with E-state index in [1.165, 1.54) is 32.0 Å². The van der Waals surface area contributed by atoms with Crippen molar-refractivity contribution >= 4 is 35.1 Å². The van der Waals surface area contributed by atoms with Gasteiger partial charge in [-0.15, -0.1) is 0 Å². The summed E-state index contributed by atoms with van der Waals surface area (Å²) in [7, 11) is 0. The number of nitrogens with one attached hydrogen (secondary N) is 2. The summed E-state index contributed by atoms with van der Waals surface area (Å²) in [4.78, 5) is 46.5. The fourth-order valence-corrected chi connectivity index (χ4v) is 2.76. The van der Waals surface area contributed by atoms with E-state index in [2.05, 4.69) is 10.6 Å². The van der Waals surface area contributed by atoms with Crippen LogP contribution in [0.4, 0.5) is 11.4 Å². The minimum Gasteiger partial charge on any atom is -0.481 e. The molecule has 0 saturated heterocycles. The maximum absolute atomic E-state index is 12.6. The first-order chi connectivity index (χ1) is 12.3. The molecule has 8 heteroatoms. The average Bonchev–Trinajstić information content (AvgIpc) is 2.56. The van der Waals surface area contributed by atoms with Crippen LogP contribution in [-0.2, 0) is 19.2 Å². The van der Waals surface area contributed by atoms with Crippen molar-refractivity contribution in [3.05, 3.63) is 30.4 Å². The first-order valence-corrected chi connectivity index (χ1v) is 8.06. The highest BCUT2D eigenvalue weighted by Crippen LogP contribution is 2.31. The monoisotopic (exact) mass is 360 g/mol. The SMILES string of the molecule is CC(=O)Nc1ccc(OC(C)=O)cc1NC(=O)C1CC=CCC1C(=O)O. The number of ether oxygens (including phenoxy) is 1. The molecule has 2 unspecified atom stereocenters. The van der Waals surface area contributed by atoms with Gasteiger partial charge in [-0.1, -0.05) is 12.2 Å². The summed E-state index contributed by atoms with van der Waals surface area (Å²) in [5, 5.41) is 14.5. The van der Waals surface area contributed by atoms with Gasteiger partial charge in [-0.2, -0.15) is 0 Å². The van der Waals surface area contributed by atoms with Crippen molar-refractivity contribution in [2.45, 2.75) is 26.7 Å². The maximum Gasteiger partial charge on any atom is 0.308 e. The Bertz CT molecular complexity index is 771. The molecule has 0 heterocycles. The Morgan fingerprint density at radius 2 is 1.65 bits per heavy atom. The highest BCUT2D eigenvalue weighted by molar-refractivity contribution is 6.01. The number of benzene rings is 1. The van der Waals surface area contributed by atoms with E-state index < -0.39 is 29.7 Å². The molecule has 8 nitrogen and oxygen atoms in total. The van der Waals surface area contributed by atoms with Crippen molar-refractivity contribution in [1.82, 2.24) is 0 Å². The number of anilines is 2. The molecule has 0 aromatic heterocycles. The van der Waals surface area contributed by atoms with E-state index in [1.807, 2.05) is 0 Å². The number of carboxylic acids is 1. The van der Waals surface area contributed by atoms with E-state index in [-0.39, 0.29) is 23.8 Å². The zero-order valence-electron chi connectivity index (χ0n) is 14.4. The normalized spacial score (nSPS) is 18.7. The molecule has 0 aliphatic heterocycles. The van der Waals surface area contributed by atoms with Gasteiger partial charge in [0.05, 0.1) is 23.2 Å². The predicted molar refractivity (Wildman–Crippen MR) is 93.7 cm³/mol. The van der Waals surface area contributed by atoms with Crippen LogP contribution in [0.25, 0.3) is 0 Å². The van der Waals surface area contributed by atoms with Crippen LogP contribution in [0, 0.1) is 11.8 Å². The molecular formula is C18H20N2O6. The summed E-state index contributed by atoms with van der Waals surface area (Å²) in [6, 6.07) is 4.37. The van der Waals surface area contributed by atoms with Crippen LogP contribution >= 0.6 is 0 Å². The molecule has 3 N–H and O–H groups in total. The third-order valence-electron chi connectivity index (χ3n) is 3.91. The van der Waals surface area contributed by atoms with Crippen LogP contribution in [0.2, 0.25) is 0 Å². The molecule has 1 aliphatic rings. The highest BCUT2D eigenvalue weighted by Gasteiger charge is 2.34. The molecule has 1 aliphatic carbocycles. The van der Waals surface area contributed by atoms with Crippen LogP contribution in [0.5, 0.6) is 5.75 Å². The van der Waals surface area contributed by atoms with E-state index in [1.54, 1.807) is 12.2 Å². The van der Waals surface area contributed by atoms with Gasteiger partial charge in [-0.05, 0) is 25.0 Å². The molecule has 1 aromatic rings. The van der Waals surface area contributed by atoms with Crippen molar-refractivity contribution in [3.63, 3.8) is 0 Å². The molecule has 0 fully saturated rings. The number of carbonyl (C=O) groups excluding carboxylic acids is 3.